The molecule has 0 radical (unpaired) electrons. The first-order valence-corrected chi connectivity index (χ1v) is 12.7. The second-order valence-corrected chi connectivity index (χ2v) is 9.32. The summed E-state index contributed by atoms with van der Waals surface area (Å²) < 4.78 is 1.65. The van der Waals surface area contributed by atoms with Crippen LogP contribution in [0.3, 0.4) is 0 Å². The van der Waals surface area contributed by atoms with Gasteiger partial charge in [0.1, 0.15) is 0 Å². The predicted octanol–water partition coefficient (Wildman–Crippen LogP) is 5.44. The van der Waals surface area contributed by atoms with Crippen LogP contribution in [0.2, 0.25) is 0 Å². The van der Waals surface area contributed by atoms with Gasteiger partial charge in [0.25, 0.3) is 0 Å². The number of rotatable bonds is 4. The topological polar surface area (TPSA) is 75.2 Å². The maximum Gasteiger partial charge on any atom is 0.163 e. The van der Waals surface area contributed by atoms with Crippen LogP contribution in [0.15, 0.2) is 69.2 Å². The standard InChI is InChI=1S/C18H20N6S4/c1-13(15-9-5-7-11-19-15)21-23-17(25-3)27-28-18(26-4)24-22-14(2)16-10-6-8-12-20-16/h5-12H,1-4H3. The van der Waals surface area contributed by atoms with E-state index in [2.05, 4.69) is 30.4 Å². The van der Waals surface area contributed by atoms with E-state index in [1.165, 1.54) is 45.1 Å². The number of nitrogens with zero attached hydrogens (tertiary/aromatic N) is 6. The van der Waals surface area contributed by atoms with Gasteiger partial charge in [-0.1, -0.05) is 12.1 Å². The van der Waals surface area contributed by atoms with Gasteiger partial charge in [0.05, 0.1) is 22.8 Å². The van der Waals surface area contributed by atoms with Crippen LogP contribution in [0.4, 0.5) is 0 Å². The average Bonchev–Trinajstić information content (AvgIpc) is 2.76. The Hall–Kier alpha value is -1.62. The maximum absolute atomic E-state index is 4.33. The Morgan fingerprint density at radius 1 is 0.679 bits per heavy atom. The average molecular weight is 449 g/mol. The minimum Gasteiger partial charge on any atom is -0.255 e. The second-order valence-electron chi connectivity index (χ2n) is 5.11. The lowest BCUT2D eigenvalue weighted by atomic mass is 10.3. The van der Waals surface area contributed by atoms with Crippen LogP contribution < -0.4 is 0 Å². The zero-order chi connectivity index (χ0) is 20.2. The summed E-state index contributed by atoms with van der Waals surface area (Å²) in [5.74, 6) is 0. The molecule has 10 heteroatoms. The second kappa shape index (κ2) is 12.8. The SMILES string of the molecule is CSC(=NN=C(C)c1ccccn1)SSC(=NN=C(C)c1ccccn1)SC. The van der Waals surface area contributed by atoms with Crippen molar-refractivity contribution in [3.05, 3.63) is 60.2 Å². The first-order valence-electron chi connectivity index (χ1n) is 8.14. The molecule has 0 saturated heterocycles. The molecule has 0 aromatic carbocycles. The van der Waals surface area contributed by atoms with Gasteiger partial charge < -0.3 is 0 Å². The summed E-state index contributed by atoms with van der Waals surface area (Å²) in [6, 6.07) is 11.4. The van der Waals surface area contributed by atoms with E-state index >= 15 is 0 Å². The highest BCUT2D eigenvalue weighted by Gasteiger charge is 2.06. The van der Waals surface area contributed by atoms with Crippen LogP contribution >= 0.6 is 45.1 Å². The van der Waals surface area contributed by atoms with Crippen LogP contribution in [-0.2, 0) is 0 Å². The highest BCUT2D eigenvalue weighted by Crippen LogP contribution is 2.33. The number of hydrogen-bond acceptors (Lipinski definition) is 10. The molecule has 2 aromatic rings. The minimum absolute atomic E-state index is 0.770. The monoisotopic (exact) mass is 448 g/mol. The third-order valence-electron chi connectivity index (χ3n) is 3.17. The lowest BCUT2D eigenvalue weighted by molar-refractivity contribution is 1.21. The molecule has 146 valence electrons. The van der Waals surface area contributed by atoms with Crippen molar-refractivity contribution in [2.75, 3.05) is 12.5 Å². The Labute approximate surface area is 181 Å². The number of aromatic nitrogens is 2. The van der Waals surface area contributed by atoms with Gasteiger partial charge >= 0.3 is 0 Å². The highest BCUT2D eigenvalue weighted by molar-refractivity contribution is 8.93. The highest BCUT2D eigenvalue weighted by atomic mass is 33.1. The number of hydrogen-bond donors (Lipinski definition) is 0. The van der Waals surface area contributed by atoms with Crippen molar-refractivity contribution in [3.8, 4) is 0 Å². The first kappa shape index (κ1) is 22.7. The van der Waals surface area contributed by atoms with Gasteiger partial charge in [-0.3, -0.25) is 9.97 Å². The first-order chi connectivity index (χ1) is 13.6. The Kier molecular flexibility index (Phi) is 10.3. The summed E-state index contributed by atoms with van der Waals surface area (Å²) in [6.07, 6.45) is 7.42. The quantitative estimate of drug-likeness (QED) is 0.268. The Morgan fingerprint density at radius 2 is 1.11 bits per heavy atom. The van der Waals surface area contributed by atoms with Crippen molar-refractivity contribution in [2.24, 2.45) is 20.4 Å². The summed E-state index contributed by atoms with van der Waals surface area (Å²) >= 11 is 3.07. The molecule has 0 aliphatic heterocycles. The number of thioether (sulfide) groups is 2. The van der Waals surface area contributed by atoms with E-state index in [0.29, 0.717) is 0 Å². The Bertz CT molecular complexity index is 793. The normalized spacial score (nSPS) is 13.7. The fourth-order valence-electron chi connectivity index (χ4n) is 1.74. The molecule has 2 aromatic heterocycles. The van der Waals surface area contributed by atoms with Gasteiger partial charge in [-0.05, 0) is 72.2 Å². The van der Waals surface area contributed by atoms with E-state index in [4.69, 9.17) is 0 Å². The van der Waals surface area contributed by atoms with Crippen LogP contribution in [0.1, 0.15) is 25.2 Å². The molecule has 6 nitrogen and oxygen atoms in total. The molecule has 0 saturated carbocycles. The van der Waals surface area contributed by atoms with Crippen LogP contribution in [0, 0.1) is 0 Å². The molecule has 0 atom stereocenters. The molecule has 0 N–H and O–H groups in total. The molecule has 0 amide bonds. The summed E-state index contributed by atoms with van der Waals surface area (Å²) in [6.45, 7) is 3.79. The molecular weight excluding hydrogens is 429 g/mol. The minimum atomic E-state index is 0.770. The van der Waals surface area contributed by atoms with Crippen molar-refractivity contribution >= 4 is 65.3 Å². The van der Waals surface area contributed by atoms with Crippen molar-refractivity contribution in [3.63, 3.8) is 0 Å². The molecule has 0 bridgehead atoms. The van der Waals surface area contributed by atoms with Gasteiger partial charge in [-0.15, -0.1) is 33.7 Å². The molecule has 0 spiro atoms. The van der Waals surface area contributed by atoms with E-state index in [9.17, 15) is 0 Å². The fourth-order valence-corrected chi connectivity index (χ4v) is 5.29. The van der Waals surface area contributed by atoms with E-state index in [1.54, 1.807) is 12.4 Å². The largest absolute Gasteiger partial charge is 0.255 e. The Balaban J connectivity index is 2.02. The maximum atomic E-state index is 4.33. The summed E-state index contributed by atoms with van der Waals surface area (Å²) in [7, 11) is 3.01. The molecule has 0 aliphatic carbocycles. The van der Waals surface area contributed by atoms with Crippen LogP contribution in [-0.4, -0.2) is 42.7 Å². The molecule has 2 heterocycles. The van der Waals surface area contributed by atoms with E-state index < -0.39 is 0 Å². The molecule has 0 aliphatic rings. The van der Waals surface area contributed by atoms with E-state index in [0.717, 1.165) is 31.6 Å². The van der Waals surface area contributed by atoms with Crippen LogP contribution in [0.5, 0.6) is 0 Å². The van der Waals surface area contributed by atoms with Gasteiger partial charge in [0.15, 0.2) is 8.75 Å². The Morgan fingerprint density at radius 3 is 1.43 bits per heavy atom. The molecular formula is C18H20N6S4. The lowest BCUT2D eigenvalue weighted by Crippen LogP contribution is -1.97. The lowest BCUT2D eigenvalue weighted by Gasteiger charge is -2.02. The van der Waals surface area contributed by atoms with Gasteiger partial charge in [0, 0.05) is 12.4 Å². The van der Waals surface area contributed by atoms with Crippen molar-refractivity contribution in [2.45, 2.75) is 13.8 Å². The zero-order valence-corrected chi connectivity index (χ0v) is 19.2. The molecule has 0 unspecified atom stereocenters. The number of pyridine rings is 2. The third-order valence-corrected chi connectivity index (χ3v) is 7.89. The molecule has 2 rings (SSSR count). The summed E-state index contributed by atoms with van der Waals surface area (Å²) in [4.78, 5) is 8.55. The van der Waals surface area contributed by atoms with Crippen molar-refractivity contribution in [1.82, 2.24) is 9.97 Å². The molecule has 0 fully saturated rings. The van der Waals surface area contributed by atoms with E-state index in [1.807, 2.05) is 62.8 Å². The van der Waals surface area contributed by atoms with Crippen molar-refractivity contribution < 1.29 is 0 Å². The van der Waals surface area contributed by atoms with Gasteiger partial charge in [0.2, 0.25) is 0 Å². The van der Waals surface area contributed by atoms with E-state index in [-0.39, 0.29) is 0 Å². The fraction of sp³-hybridized carbons (Fsp3) is 0.222. The molecule has 28 heavy (non-hydrogen) atoms. The summed E-state index contributed by atoms with van der Waals surface area (Å²) in [5, 5.41) is 17.2. The van der Waals surface area contributed by atoms with Gasteiger partial charge in [-0.25, -0.2) is 0 Å². The van der Waals surface area contributed by atoms with Crippen LogP contribution in [0.25, 0.3) is 0 Å². The summed E-state index contributed by atoms with van der Waals surface area (Å²) in [5.41, 5.74) is 3.17. The predicted molar refractivity (Wildman–Crippen MR) is 130 cm³/mol. The smallest absolute Gasteiger partial charge is 0.163 e. The zero-order valence-electron chi connectivity index (χ0n) is 15.9. The third kappa shape index (κ3) is 7.78. The van der Waals surface area contributed by atoms with Crippen molar-refractivity contribution in [1.29, 1.82) is 0 Å². The van der Waals surface area contributed by atoms with Gasteiger partial charge in [-0.2, -0.15) is 10.2 Å².